The molecule has 3 rings (SSSR count). The molecule has 35 heavy (non-hydrogen) atoms. The van der Waals surface area contributed by atoms with Gasteiger partial charge >= 0.3 is 0 Å². The van der Waals surface area contributed by atoms with Gasteiger partial charge in [0.15, 0.2) is 0 Å². The van der Waals surface area contributed by atoms with Crippen LogP contribution >= 0.6 is 0 Å². The largest absolute Gasteiger partial charge is 0.497 e. The lowest BCUT2D eigenvalue weighted by atomic mass is 10.1. The number of carbonyl (C=O) groups is 3. The molecule has 0 unspecified atom stereocenters. The van der Waals surface area contributed by atoms with Crippen LogP contribution < -0.4 is 10.1 Å². The molecule has 1 aliphatic rings. The standard InChI is InChI=1S/C25H31N3O6S/c1-4-15-26-24(30)18(2)27(17-19-11-13-20(34-3)14-12-19)23(29)10-7-16-28-25(31)21-8-5-6-9-22(21)35(28,32)33/h5-6,8-9,11-14,18H,4,7,10,15-17H2,1-3H3,(H,26,30)/t18-/m1/s1. The highest BCUT2D eigenvalue weighted by atomic mass is 32.2. The van der Waals surface area contributed by atoms with E-state index in [1.54, 1.807) is 38.3 Å². The maximum atomic E-state index is 13.2. The van der Waals surface area contributed by atoms with Crippen LogP contribution in [-0.2, 0) is 26.2 Å². The van der Waals surface area contributed by atoms with Crippen LogP contribution in [0, 0.1) is 0 Å². The third kappa shape index (κ3) is 5.82. The smallest absolute Gasteiger partial charge is 0.269 e. The molecule has 1 heterocycles. The summed E-state index contributed by atoms with van der Waals surface area (Å²) in [6, 6.07) is 12.5. The Balaban J connectivity index is 1.70. The molecule has 0 spiro atoms. The lowest BCUT2D eigenvalue weighted by molar-refractivity contribution is -0.140. The average Bonchev–Trinajstić information content (AvgIpc) is 3.06. The summed E-state index contributed by atoms with van der Waals surface area (Å²) in [6.07, 6.45) is 0.892. The summed E-state index contributed by atoms with van der Waals surface area (Å²) in [5, 5.41) is 2.81. The maximum absolute atomic E-state index is 13.2. The van der Waals surface area contributed by atoms with Gasteiger partial charge in [-0.1, -0.05) is 31.2 Å². The van der Waals surface area contributed by atoms with E-state index < -0.39 is 22.0 Å². The van der Waals surface area contributed by atoms with Crippen molar-refractivity contribution in [2.45, 2.75) is 50.6 Å². The molecule has 0 aromatic heterocycles. The SMILES string of the molecule is CCCNC(=O)[C@@H](C)N(Cc1ccc(OC)cc1)C(=O)CCCN1C(=O)c2ccccc2S1(=O)=O. The summed E-state index contributed by atoms with van der Waals surface area (Å²) in [5.74, 6) is -0.476. The first-order chi connectivity index (χ1) is 16.7. The van der Waals surface area contributed by atoms with Crippen molar-refractivity contribution >= 4 is 27.7 Å². The van der Waals surface area contributed by atoms with E-state index in [0.29, 0.717) is 12.3 Å². The zero-order chi connectivity index (χ0) is 25.6. The number of carbonyl (C=O) groups excluding carboxylic acids is 3. The molecule has 0 bridgehead atoms. The minimum Gasteiger partial charge on any atom is -0.497 e. The Morgan fingerprint density at radius 2 is 1.80 bits per heavy atom. The van der Waals surface area contributed by atoms with Gasteiger partial charge in [0.1, 0.15) is 16.7 Å². The van der Waals surface area contributed by atoms with E-state index in [0.717, 1.165) is 16.3 Å². The Kier molecular flexibility index (Phi) is 8.50. The highest BCUT2D eigenvalue weighted by Crippen LogP contribution is 2.30. The molecule has 10 heteroatoms. The van der Waals surface area contributed by atoms with Gasteiger partial charge in [0.05, 0.1) is 12.7 Å². The summed E-state index contributed by atoms with van der Waals surface area (Å²) in [5.41, 5.74) is 0.961. The lowest BCUT2D eigenvalue weighted by Crippen LogP contribution is -2.47. The zero-order valence-corrected chi connectivity index (χ0v) is 21.0. The molecular weight excluding hydrogens is 470 g/mol. The predicted octanol–water partition coefficient (Wildman–Crippen LogP) is 2.56. The number of sulfonamides is 1. The molecule has 0 saturated heterocycles. The van der Waals surface area contributed by atoms with Crippen molar-refractivity contribution < 1.29 is 27.5 Å². The Morgan fingerprint density at radius 3 is 2.43 bits per heavy atom. The number of ether oxygens (including phenoxy) is 1. The van der Waals surface area contributed by atoms with Crippen LogP contribution in [0.1, 0.15) is 49.0 Å². The average molecular weight is 502 g/mol. The number of benzene rings is 2. The second kappa shape index (κ2) is 11.4. The molecule has 2 aromatic rings. The number of nitrogens with zero attached hydrogens (tertiary/aromatic N) is 2. The summed E-state index contributed by atoms with van der Waals surface area (Å²) in [7, 11) is -2.36. The van der Waals surface area contributed by atoms with Crippen molar-refractivity contribution in [1.82, 2.24) is 14.5 Å². The van der Waals surface area contributed by atoms with Crippen LogP contribution in [0.2, 0.25) is 0 Å². The molecule has 2 aromatic carbocycles. The molecule has 1 atom stereocenters. The van der Waals surface area contributed by atoms with E-state index >= 15 is 0 Å². The number of rotatable bonds is 11. The summed E-state index contributed by atoms with van der Waals surface area (Å²) >= 11 is 0. The molecule has 1 aliphatic heterocycles. The number of hydrogen-bond acceptors (Lipinski definition) is 6. The van der Waals surface area contributed by atoms with Crippen LogP contribution in [0.4, 0.5) is 0 Å². The number of fused-ring (bicyclic) bond motifs is 1. The van der Waals surface area contributed by atoms with Crippen molar-refractivity contribution in [3.8, 4) is 5.75 Å². The molecule has 0 saturated carbocycles. The second-order valence-electron chi connectivity index (χ2n) is 8.32. The van der Waals surface area contributed by atoms with E-state index in [9.17, 15) is 22.8 Å². The van der Waals surface area contributed by atoms with Crippen LogP contribution in [0.15, 0.2) is 53.4 Å². The molecule has 0 radical (unpaired) electrons. The number of nitrogens with one attached hydrogen (secondary N) is 1. The van der Waals surface area contributed by atoms with Crippen LogP contribution in [0.25, 0.3) is 0 Å². The fourth-order valence-electron chi connectivity index (χ4n) is 3.88. The van der Waals surface area contributed by atoms with E-state index in [4.69, 9.17) is 4.74 Å². The fraction of sp³-hybridized carbons (Fsp3) is 0.400. The van der Waals surface area contributed by atoms with Crippen molar-refractivity contribution in [3.63, 3.8) is 0 Å². The van der Waals surface area contributed by atoms with Gasteiger partial charge in [-0.05, 0) is 49.6 Å². The Hall–Kier alpha value is -3.40. The molecule has 1 N–H and O–H groups in total. The molecule has 0 fully saturated rings. The van der Waals surface area contributed by atoms with Gasteiger partial charge in [-0.3, -0.25) is 14.4 Å². The second-order valence-corrected chi connectivity index (χ2v) is 10.1. The topological polar surface area (TPSA) is 113 Å². The number of methoxy groups -OCH3 is 1. The maximum Gasteiger partial charge on any atom is 0.269 e. The Morgan fingerprint density at radius 1 is 1.11 bits per heavy atom. The van der Waals surface area contributed by atoms with Crippen LogP contribution in [0.5, 0.6) is 5.75 Å². The lowest BCUT2D eigenvalue weighted by Gasteiger charge is -2.29. The molecule has 3 amide bonds. The quantitative estimate of drug-likeness (QED) is 0.506. The highest BCUT2D eigenvalue weighted by Gasteiger charge is 2.40. The highest BCUT2D eigenvalue weighted by molar-refractivity contribution is 7.90. The number of hydrogen-bond donors (Lipinski definition) is 1. The Labute approximate surface area is 206 Å². The van der Waals surface area contributed by atoms with Gasteiger partial charge in [0, 0.05) is 26.1 Å². The van der Waals surface area contributed by atoms with E-state index in [1.165, 1.54) is 17.0 Å². The van der Waals surface area contributed by atoms with Gasteiger partial charge in [-0.2, -0.15) is 0 Å². The minimum absolute atomic E-state index is 0.0151. The Bertz CT molecular complexity index is 1180. The molecule has 9 nitrogen and oxygen atoms in total. The van der Waals surface area contributed by atoms with E-state index in [-0.39, 0.29) is 48.2 Å². The summed E-state index contributed by atoms with van der Waals surface area (Å²) in [4.78, 5) is 39.9. The third-order valence-electron chi connectivity index (χ3n) is 5.89. The van der Waals surface area contributed by atoms with Gasteiger partial charge < -0.3 is 15.0 Å². The first-order valence-corrected chi connectivity index (χ1v) is 13.0. The minimum atomic E-state index is -3.93. The van der Waals surface area contributed by atoms with Crippen molar-refractivity contribution in [2.75, 3.05) is 20.2 Å². The summed E-state index contributed by atoms with van der Waals surface area (Å²) in [6.45, 7) is 4.20. The number of amides is 3. The zero-order valence-electron chi connectivity index (χ0n) is 20.2. The van der Waals surface area contributed by atoms with Crippen molar-refractivity contribution in [2.24, 2.45) is 0 Å². The van der Waals surface area contributed by atoms with E-state index in [2.05, 4.69) is 5.32 Å². The first-order valence-electron chi connectivity index (χ1n) is 11.6. The predicted molar refractivity (Wildman–Crippen MR) is 130 cm³/mol. The van der Waals surface area contributed by atoms with Gasteiger partial charge in [0.25, 0.3) is 15.9 Å². The van der Waals surface area contributed by atoms with Gasteiger partial charge in [-0.15, -0.1) is 0 Å². The molecular formula is C25H31N3O6S. The van der Waals surface area contributed by atoms with Gasteiger partial charge in [0.2, 0.25) is 11.8 Å². The fourth-order valence-corrected chi connectivity index (χ4v) is 5.48. The third-order valence-corrected chi connectivity index (χ3v) is 7.73. The molecule has 188 valence electrons. The monoisotopic (exact) mass is 501 g/mol. The van der Waals surface area contributed by atoms with Gasteiger partial charge in [-0.25, -0.2) is 12.7 Å². The molecule has 0 aliphatic carbocycles. The van der Waals surface area contributed by atoms with E-state index in [1.807, 2.05) is 19.1 Å². The van der Waals surface area contributed by atoms with Crippen molar-refractivity contribution in [1.29, 1.82) is 0 Å². The normalized spacial score (nSPS) is 14.8. The first kappa shape index (κ1) is 26.2. The van der Waals surface area contributed by atoms with Crippen LogP contribution in [-0.4, -0.2) is 61.6 Å². The van der Waals surface area contributed by atoms with Crippen molar-refractivity contribution in [3.05, 3.63) is 59.7 Å². The van der Waals surface area contributed by atoms with Crippen LogP contribution in [0.3, 0.4) is 0 Å². The summed E-state index contributed by atoms with van der Waals surface area (Å²) < 4.78 is 31.5.